The standard InChI is InChI=1S/C33H60N2O8/c1-4-6-8-10-12-14-16-18-20-22-31(38)41-25-28(43-33(40)29(24-30(34)37)35-27(3)36)26-42-32(39)23-21-19-17-15-13-11-9-7-5-2/h28-29H,4-26H2,1-3H3,(H2,34,37)(H,35,36)/t29-/m0/s1. The molecule has 0 radical (unpaired) electrons. The first kappa shape index (κ1) is 40.4. The van der Waals surface area contributed by atoms with Crippen LogP contribution < -0.4 is 11.1 Å². The van der Waals surface area contributed by atoms with Crippen LogP contribution in [0.15, 0.2) is 0 Å². The van der Waals surface area contributed by atoms with Gasteiger partial charge in [0.2, 0.25) is 11.8 Å². The zero-order valence-corrected chi connectivity index (χ0v) is 27.3. The molecule has 0 aliphatic rings. The number of unbranched alkanes of at least 4 members (excludes halogenated alkanes) is 16. The van der Waals surface area contributed by atoms with Crippen LogP contribution in [0.3, 0.4) is 0 Å². The third-order valence-corrected chi connectivity index (χ3v) is 7.18. The fraction of sp³-hybridized carbons (Fsp3) is 0.848. The zero-order valence-electron chi connectivity index (χ0n) is 27.3. The van der Waals surface area contributed by atoms with Crippen molar-refractivity contribution in [2.24, 2.45) is 5.73 Å². The summed E-state index contributed by atoms with van der Waals surface area (Å²) in [5.41, 5.74) is 5.21. The second-order valence-corrected chi connectivity index (χ2v) is 11.5. The van der Waals surface area contributed by atoms with Gasteiger partial charge in [-0.3, -0.25) is 19.2 Å². The van der Waals surface area contributed by atoms with Crippen molar-refractivity contribution in [3.05, 3.63) is 0 Å². The summed E-state index contributed by atoms with van der Waals surface area (Å²) in [7, 11) is 0. The first-order valence-corrected chi connectivity index (χ1v) is 16.8. The molecule has 1 atom stereocenters. The van der Waals surface area contributed by atoms with Gasteiger partial charge in [0, 0.05) is 19.8 Å². The van der Waals surface area contributed by atoms with E-state index in [1.54, 1.807) is 0 Å². The van der Waals surface area contributed by atoms with E-state index in [-0.39, 0.29) is 26.1 Å². The van der Waals surface area contributed by atoms with Crippen LogP contribution in [0, 0.1) is 0 Å². The number of hydrogen-bond donors (Lipinski definition) is 2. The molecule has 10 nitrogen and oxygen atoms in total. The van der Waals surface area contributed by atoms with Gasteiger partial charge in [-0.1, -0.05) is 117 Å². The molecular formula is C33H60N2O8. The summed E-state index contributed by atoms with van der Waals surface area (Å²) in [5, 5.41) is 2.33. The predicted molar refractivity (Wildman–Crippen MR) is 167 cm³/mol. The van der Waals surface area contributed by atoms with E-state index in [1.807, 2.05) is 0 Å². The average Bonchev–Trinajstić information content (AvgIpc) is 2.95. The van der Waals surface area contributed by atoms with E-state index in [0.717, 1.165) is 38.5 Å². The minimum atomic E-state index is -1.30. The van der Waals surface area contributed by atoms with Gasteiger partial charge in [0.25, 0.3) is 0 Å². The third-order valence-electron chi connectivity index (χ3n) is 7.18. The Bertz CT molecular complexity index is 720. The third kappa shape index (κ3) is 26.7. The van der Waals surface area contributed by atoms with E-state index in [0.29, 0.717) is 12.8 Å². The van der Waals surface area contributed by atoms with Crippen molar-refractivity contribution in [1.82, 2.24) is 5.32 Å². The van der Waals surface area contributed by atoms with Gasteiger partial charge in [-0.25, -0.2) is 4.79 Å². The van der Waals surface area contributed by atoms with Crippen LogP contribution in [0.1, 0.15) is 156 Å². The van der Waals surface area contributed by atoms with E-state index in [9.17, 15) is 24.0 Å². The highest BCUT2D eigenvalue weighted by molar-refractivity contribution is 5.88. The molecule has 0 fully saturated rings. The number of amides is 2. The first-order valence-electron chi connectivity index (χ1n) is 16.8. The second kappa shape index (κ2) is 28.1. The Morgan fingerprint density at radius 3 is 1.33 bits per heavy atom. The fourth-order valence-corrected chi connectivity index (χ4v) is 4.68. The Morgan fingerprint density at radius 2 is 0.977 bits per heavy atom. The lowest BCUT2D eigenvalue weighted by molar-refractivity contribution is -0.168. The van der Waals surface area contributed by atoms with Crippen LogP contribution >= 0.6 is 0 Å². The molecule has 0 aliphatic heterocycles. The number of esters is 3. The molecule has 0 unspecified atom stereocenters. The molecule has 10 heteroatoms. The maximum Gasteiger partial charge on any atom is 0.329 e. The lowest BCUT2D eigenvalue weighted by atomic mass is 10.1. The van der Waals surface area contributed by atoms with Crippen molar-refractivity contribution < 1.29 is 38.2 Å². The Balaban J connectivity index is 4.65. The molecule has 0 heterocycles. The van der Waals surface area contributed by atoms with E-state index >= 15 is 0 Å². The Kier molecular flexibility index (Phi) is 26.4. The molecule has 0 saturated heterocycles. The zero-order chi connectivity index (χ0) is 32.1. The van der Waals surface area contributed by atoms with Gasteiger partial charge in [0.15, 0.2) is 6.10 Å². The Hall–Kier alpha value is -2.65. The van der Waals surface area contributed by atoms with Gasteiger partial charge in [-0.2, -0.15) is 0 Å². The van der Waals surface area contributed by atoms with Gasteiger partial charge in [0.05, 0.1) is 6.42 Å². The van der Waals surface area contributed by atoms with Crippen molar-refractivity contribution in [2.45, 2.75) is 168 Å². The topological polar surface area (TPSA) is 151 Å². The van der Waals surface area contributed by atoms with Crippen molar-refractivity contribution in [3.8, 4) is 0 Å². The quantitative estimate of drug-likeness (QED) is 0.0575. The molecule has 2 amide bonds. The number of rotatable bonds is 29. The smallest absolute Gasteiger partial charge is 0.329 e. The summed E-state index contributed by atoms with van der Waals surface area (Å²) in [6.07, 6.45) is 19.2. The monoisotopic (exact) mass is 612 g/mol. The summed E-state index contributed by atoms with van der Waals surface area (Å²) >= 11 is 0. The highest BCUT2D eigenvalue weighted by atomic mass is 16.6. The van der Waals surface area contributed by atoms with Gasteiger partial charge < -0.3 is 25.3 Å². The molecule has 43 heavy (non-hydrogen) atoms. The summed E-state index contributed by atoms with van der Waals surface area (Å²) < 4.78 is 16.0. The fourth-order valence-electron chi connectivity index (χ4n) is 4.68. The molecule has 3 N–H and O–H groups in total. The molecule has 0 aromatic heterocycles. The van der Waals surface area contributed by atoms with Crippen molar-refractivity contribution in [2.75, 3.05) is 13.2 Å². The molecular weight excluding hydrogens is 552 g/mol. The average molecular weight is 613 g/mol. The van der Waals surface area contributed by atoms with Crippen molar-refractivity contribution in [1.29, 1.82) is 0 Å². The number of carbonyl (C=O) groups is 5. The van der Waals surface area contributed by atoms with E-state index in [1.165, 1.54) is 71.1 Å². The van der Waals surface area contributed by atoms with Crippen LogP contribution in [-0.2, 0) is 38.2 Å². The van der Waals surface area contributed by atoms with Crippen LogP contribution in [0.4, 0.5) is 0 Å². The van der Waals surface area contributed by atoms with Gasteiger partial charge in [0.1, 0.15) is 19.3 Å². The van der Waals surface area contributed by atoms with Gasteiger partial charge in [-0.15, -0.1) is 0 Å². The highest BCUT2D eigenvalue weighted by Crippen LogP contribution is 2.13. The highest BCUT2D eigenvalue weighted by Gasteiger charge is 2.27. The van der Waals surface area contributed by atoms with E-state index in [2.05, 4.69) is 19.2 Å². The molecule has 0 aromatic rings. The molecule has 0 bridgehead atoms. The maximum atomic E-state index is 12.7. The molecule has 0 spiro atoms. The second-order valence-electron chi connectivity index (χ2n) is 11.5. The number of hydrogen-bond acceptors (Lipinski definition) is 8. The van der Waals surface area contributed by atoms with Gasteiger partial charge in [-0.05, 0) is 12.8 Å². The normalized spacial score (nSPS) is 11.6. The minimum absolute atomic E-state index is 0.241. The first-order chi connectivity index (χ1) is 20.7. The van der Waals surface area contributed by atoms with E-state index < -0.39 is 48.3 Å². The number of carbonyl (C=O) groups excluding carboxylic acids is 5. The van der Waals surface area contributed by atoms with Crippen molar-refractivity contribution in [3.63, 3.8) is 0 Å². The molecule has 250 valence electrons. The molecule has 0 aliphatic carbocycles. The predicted octanol–water partition coefficient (Wildman–Crippen LogP) is 6.21. The van der Waals surface area contributed by atoms with Crippen LogP contribution in [0.2, 0.25) is 0 Å². The molecule has 0 rings (SSSR count). The van der Waals surface area contributed by atoms with Crippen LogP contribution in [-0.4, -0.2) is 55.1 Å². The molecule has 0 saturated carbocycles. The number of ether oxygens (including phenoxy) is 3. The minimum Gasteiger partial charge on any atom is -0.462 e. The number of nitrogens with one attached hydrogen (secondary N) is 1. The number of primary amides is 1. The van der Waals surface area contributed by atoms with Crippen molar-refractivity contribution >= 4 is 29.7 Å². The summed E-state index contributed by atoms with van der Waals surface area (Å²) in [4.78, 5) is 60.2. The van der Waals surface area contributed by atoms with Crippen LogP contribution in [0.25, 0.3) is 0 Å². The SMILES string of the molecule is CCCCCCCCCCCC(=O)OCC(COC(=O)CCCCCCCCCCC)OC(=O)[C@H](CC(N)=O)NC(C)=O. The largest absolute Gasteiger partial charge is 0.462 e. The van der Waals surface area contributed by atoms with E-state index in [4.69, 9.17) is 19.9 Å². The van der Waals surface area contributed by atoms with Gasteiger partial charge >= 0.3 is 17.9 Å². The van der Waals surface area contributed by atoms with Crippen LogP contribution in [0.5, 0.6) is 0 Å². The summed E-state index contributed by atoms with van der Waals surface area (Å²) in [6.45, 7) is 4.97. The molecule has 0 aromatic carbocycles. The summed E-state index contributed by atoms with van der Waals surface area (Å²) in [6, 6.07) is -1.30. The lowest BCUT2D eigenvalue weighted by Crippen LogP contribution is -2.45. The Labute approximate surface area is 259 Å². The maximum absolute atomic E-state index is 12.7. The lowest BCUT2D eigenvalue weighted by Gasteiger charge is -2.21. The number of nitrogens with two attached hydrogens (primary N) is 1. The summed E-state index contributed by atoms with van der Waals surface area (Å²) in [5.74, 6) is -3.13. The Morgan fingerprint density at radius 1 is 0.605 bits per heavy atom.